The minimum atomic E-state index is -1.19. The fourth-order valence-corrected chi connectivity index (χ4v) is 2.18. The first-order valence-corrected chi connectivity index (χ1v) is 7.36. The lowest BCUT2D eigenvalue weighted by atomic mass is 9.97. The largest absolute Gasteiger partial charge is 0.464 e. The summed E-state index contributed by atoms with van der Waals surface area (Å²) in [5, 5.41) is 9.96. The molecule has 0 saturated carbocycles. The number of carbonyl (C=O) groups is 2. The molecule has 0 spiro atoms. The fourth-order valence-electron chi connectivity index (χ4n) is 2.18. The van der Waals surface area contributed by atoms with E-state index in [1.807, 2.05) is 0 Å². The number of rotatable bonds is 4. The van der Waals surface area contributed by atoms with Gasteiger partial charge in [-0.05, 0) is 52.4 Å². The van der Waals surface area contributed by atoms with Crippen LogP contribution >= 0.6 is 0 Å². The average molecular weight is 302 g/mol. The second-order valence-electron chi connectivity index (χ2n) is 6.27. The van der Waals surface area contributed by atoms with Crippen LogP contribution in [-0.4, -0.2) is 47.7 Å². The van der Waals surface area contributed by atoms with Crippen molar-refractivity contribution >= 4 is 12.2 Å². The number of nitrogens with one attached hydrogen (secondary N) is 1. The van der Waals surface area contributed by atoms with Crippen LogP contribution in [-0.2, 0) is 9.47 Å². The molecule has 7 nitrogen and oxygen atoms in total. The van der Waals surface area contributed by atoms with E-state index in [0.29, 0.717) is 12.3 Å². The van der Waals surface area contributed by atoms with Crippen molar-refractivity contribution in [3.05, 3.63) is 0 Å². The van der Waals surface area contributed by atoms with Gasteiger partial charge in [0.25, 0.3) is 0 Å². The summed E-state index contributed by atoms with van der Waals surface area (Å²) in [6.45, 7) is 6.97. The SMILES string of the molecule is CC(C)(C)OC(=O)NN(CCCC1CCCOC1)C(=O)O. The highest BCUT2D eigenvalue weighted by molar-refractivity contribution is 5.72. The normalized spacial score (nSPS) is 18.9. The first kappa shape index (κ1) is 17.6. The molecule has 1 unspecified atom stereocenters. The van der Waals surface area contributed by atoms with E-state index < -0.39 is 17.8 Å². The van der Waals surface area contributed by atoms with E-state index in [1.54, 1.807) is 20.8 Å². The number of carboxylic acid groups (broad SMARTS) is 1. The third-order valence-electron chi connectivity index (χ3n) is 3.10. The summed E-state index contributed by atoms with van der Waals surface area (Å²) < 4.78 is 10.4. The maximum absolute atomic E-state index is 11.6. The highest BCUT2D eigenvalue weighted by Gasteiger charge is 2.21. The van der Waals surface area contributed by atoms with Crippen LogP contribution in [0.4, 0.5) is 9.59 Å². The maximum atomic E-state index is 11.6. The highest BCUT2D eigenvalue weighted by atomic mass is 16.6. The monoisotopic (exact) mass is 302 g/mol. The lowest BCUT2D eigenvalue weighted by Gasteiger charge is -2.25. The van der Waals surface area contributed by atoms with Crippen LogP contribution in [0.5, 0.6) is 0 Å². The zero-order valence-electron chi connectivity index (χ0n) is 13.1. The van der Waals surface area contributed by atoms with E-state index >= 15 is 0 Å². The summed E-state index contributed by atoms with van der Waals surface area (Å²) >= 11 is 0. The van der Waals surface area contributed by atoms with Gasteiger partial charge in [-0.2, -0.15) is 0 Å². The van der Waals surface area contributed by atoms with Gasteiger partial charge >= 0.3 is 12.2 Å². The molecule has 1 saturated heterocycles. The van der Waals surface area contributed by atoms with Crippen molar-refractivity contribution in [3.63, 3.8) is 0 Å². The molecule has 2 N–H and O–H groups in total. The van der Waals surface area contributed by atoms with Crippen molar-refractivity contribution in [2.24, 2.45) is 5.92 Å². The van der Waals surface area contributed by atoms with E-state index in [0.717, 1.165) is 37.5 Å². The van der Waals surface area contributed by atoms with E-state index in [2.05, 4.69) is 5.43 Å². The molecule has 0 aromatic carbocycles. The van der Waals surface area contributed by atoms with Crippen molar-refractivity contribution in [1.82, 2.24) is 10.4 Å². The maximum Gasteiger partial charge on any atom is 0.426 e. The summed E-state index contributed by atoms with van der Waals surface area (Å²) in [7, 11) is 0. The number of hydrogen-bond donors (Lipinski definition) is 2. The molecule has 122 valence electrons. The Morgan fingerprint density at radius 3 is 2.67 bits per heavy atom. The van der Waals surface area contributed by atoms with Gasteiger partial charge in [0.1, 0.15) is 5.60 Å². The first-order valence-electron chi connectivity index (χ1n) is 7.36. The zero-order valence-corrected chi connectivity index (χ0v) is 13.1. The van der Waals surface area contributed by atoms with Gasteiger partial charge in [0, 0.05) is 19.8 Å². The molecule has 1 aliphatic heterocycles. The van der Waals surface area contributed by atoms with Crippen LogP contribution in [0, 0.1) is 5.92 Å². The Morgan fingerprint density at radius 2 is 2.14 bits per heavy atom. The van der Waals surface area contributed by atoms with Crippen molar-refractivity contribution in [2.45, 2.75) is 52.1 Å². The Kier molecular flexibility index (Phi) is 6.74. The summed E-state index contributed by atoms with van der Waals surface area (Å²) in [6, 6.07) is 0. The van der Waals surface area contributed by atoms with Crippen molar-refractivity contribution in [2.75, 3.05) is 19.8 Å². The van der Waals surface area contributed by atoms with Crippen LogP contribution in [0.3, 0.4) is 0 Å². The zero-order chi connectivity index (χ0) is 15.9. The quantitative estimate of drug-likeness (QED) is 0.779. The standard InChI is InChI=1S/C14H26N2O5/c1-14(2,3)21-12(17)15-16(13(18)19)8-4-6-11-7-5-9-20-10-11/h11H,4-10H2,1-3H3,(H,15,17)(H,18,19). The van der Waals surface area contributed by atoms with Crippen LogP contribution < -0.4 is 5.43 Å². The minimum absolute atomic E-state index is 0.241. The number of ether oxygens (including phenoxy) is 2. The first-order chi connectivity index (χ1) is 9.78. The number of carbonyl (C=O) groups excluding carboxylic acids is 1. The molecule has 1 fully saturated rings. The van der Waals surface area contributed by atoms with Gasteiger partial charge in [0.05, 0.1) is 0 Å². The predicted octanol–water partition coefficient (Wildman–Crippen LogP) is 2.61. The van der Waals surface area contributed by atoms with Gasteiger partial charge < -0.3 is 14.6 Å². The molecule has 0 aromatic heterocycles. The van der Waals surface area contributed by atoms with Crippen LogP contribution in [0.2, 0.25) is 0 Å². The average Bonchev–Trinajstić information content (AvgIpc) is 2.36. The molecule has 0 aromatic rings. The smallest absolute Gasteiger partial charge is 0.426 e. The van der Waals surface area contributed by atoms with Gasteiger partial charge in [-0.3, -0.25) is 0 Å². The Morgan fingerprint density at radius 1 is 1.43 bits per heavy atom. The number of amides is 2. The van der Waals surface area contributed by atoms with E-state index in [9.17, 15) is 9.59 Å². The molecule has 2 amide bonds. The minimum Gasteiger partial charge on any atom is -0.464 e. The number of hydrazine groups is 1. The van der Waals surface area contributed by atoms with Gasteiger partial charge in [0.15, 0.2) is 0 Å². The van der Waals surface area contributed by atoms with Crippen molar-refractivity contribution in [3.8, 4) is 0 Å². The Hall–Kier alpha value is -1.50. The Labute approximate surface area is 125 Å². The number of nitrogens with zero attached hydrogens (tertiary/aromatic N) is 1. The van der Waals surface area contributed by atoms with Crippen LogP contribution in [0.15, 0.2) is 0 Å². The second-order valence-corrected chi connectivity index (χ2v) is 6.27. The molecule has 21 heavy (non-hydrogen) atoms. The fraction of sp³-hybridized carbons (Fsp3) is 0.857. The topological polar surface area (TPSA) is 88.1 Å². The van der Waals surface area contributed by atoms with E-state index in [4.69, 9.17) is 14.6 Å². The molecule has 7 heteroatoms. The van der Waals surface area contributed by atoms with Crippen molar-refractivity contribution in [1.29, 1.82) is 0 Å². The van der Waals surface area contributed by atoms with Gasteiger partial charge in [-0.25, -0.2) is 20.0 Å². The lowest BCUT2D eigenvalue weighted by Crippen LogP contribution is -2.47. The Balaban J connectivity index is 2.32. The third kappa shape index (κ3) is 7.75. The van der Waals surface area contributed by atoms with Crippen molar-refractivity contribution < 1.29 is 24.2 Å². The number of hydrogen-bond acceptors (Lipinski definition) is 4. The summed E-state index contributed by atoms with van der Waals surface area (Å²) in [6.07, 6.45) is 1.79. The van der Waals surface area contributed by atoms with Gasteiger partial charge in [-0.1, -0.05) is 0 Å². The van der Waals surface area contributed by atoms with Gasteiger partial charge in [-0.15, -0.1) is 0 Å². The molecule has 1 aliphatic rings. The lowest BCUT2D eigenvalue weighted by molar-refractivity contribution is 0.0307. The van der Waals surface area contributed by atoms with Gasteiger partial charge in [0.2, 0.25) is 0 Å². The summed E-state index contributed by atoms with van der Waals surface area (Å²) in [4.78, 5) is 22.7. The molecular weight excluding hydrogens is 276 g/mol. The third-order valence-corrected chi connectivity index (χ3v) is 3.10. The molecule has 1 rings (SSSR count). The van der Waals surface area contributed by atoms with E-state index in [-0.39, 0.29) is 6.54 Å². The molecule has 1 heterocycles. The molecule has 0 aliphatic carbocycles. The highest BCUT2D eigenvalue weighted by Crippen LogP contribution is 2.18. The molecular formula is C14H26N2O5. The molecule has 1 atom stereocenters. The summed E-state index contributed by atoms with van der Waals surface area (Å²) in [5.74, 6) is 0.482. The second kappa shape index (κ2) is 8.07. The summed E-state index contributed by atoms with van der Waals surface area (Å²) in [5.41, 5.74) is 1.59. The molecule has 0 radical (unpaired) electrons. The van der Waals surface area contributed by atoms with E-state index in [1.165, 1.54) is 0 Å². The molecule has 0 bridgehead atoms. The van der Waals surface area contributed by atoms with Crippen LogP contribution in [0.25, 0.3) is 0 Å². The Bertz CT molecular complexity index is 348. The predicted molar refractivity (Wildman–Crippen MR) is 76.9 cm³/mol. The van der Waals surface area contributed by atoms with Crippen LogP contribution in [0.1, 0.15) is 46.5 Å².